The fourth-order valence-electron chi connectivity index (χ4n) is 3.67. The zero-order valence-electron chi connectivity index (χ0n) is 22.4. The Hall–Kier alpha value is -3.26. The number of ether oxygens (including phenoxy) is 6. The second-order valence-electron chi connectivity index (χ2n) is 8.58. The fourth-order valence-corrected chi connectivity index (χ4v) is 3.67. The lowest BCUT2D eigenvalue weighted by molar-refractivity contribution is -0.277. The minimum absolute atomic E-state index is 0.113. The number of amides is 2. The molecule has 0 aliphatic carbocycles. The molecule has 14 nitrogen and oxygen atoms in total. The van der Waals surface area contributed by atoms with Gasteiger partial charge in [0.05, 0.1) is 7.11 Å². The van der Waals surface area contributed by atoms with Crippen LogP contribution in [0.15, 0.2) is 0 Å². The predicted octanol–water partition coefficient (Wildman–Crippen LogP) is -0.101. The molecule has 216 valence electrons. The van der Waals surface area contributed by atoms with E-state index in [-0.39, 0.29) is 37.9 Å². The van der Waals surface area contributed by atoms with Crippen molar-refractivity contribution in [2.45, 2.75) is 90.4 Å². The summed E-state index contributed by atoms with van der Waals surface area (Å²) >= 11 is 0. The highest BCUT2D eigenvalue weighted by molar-refractivity contribution is 5.76. The first-order valence-corrected chi connectivity index (χ1v) is 12.3. The molecule has 1 rings (SSSR count). The van der Waals surface area contributed by atoms with Gasteiger partial charge >= 0.3 is 23.9 Å². The van der Waals surface area contributed by atoms with Crippen LogP contribution in [0.4, 0.5) is 0 Å². The Bertz CT molecular complexity index is 833. The second kappa shape index (κ2) is 17.3. The molecule has 1 heterocycles. The van der Waals surface area contributed by atoms with E-state index in [9.17, 15) is 28.8 Å². The maximum absolute atomic E-state index is 12.0. The van der Waals surface area contributed by atoms with E-state index in [0.29, 0.717) is 25.8 Å². The summed E-state index contributed by atoms with van der Waals surface area (Å²) in [5.74, 6) is -3.01. The van der Waals surface area contributed by atoms with Crippen molar-refractivity contribution < 1.29 is 57.2 Å². The molecule has 14 heteroatoms. The van der Waals surface area contributed by atoms with E-state index in [1.807, 2.05) is 0 Å². The Morgan fingerprint density at radius 2 is 1.47 bits per heavy atom. The lowest BCUT2D eigenvalue weighted by Gasteiger charge is -2.44. The highest BCUT2D eigenvalue weighted by Gasteiger charge is 2.51. The van der Waals surface area contributed by atoms with Crippen LogP contribution in [0.3, 0.4) is 0 Å². The number of rotatable bonds is 15. The number of methoxy groups -OCH3 is 1. The summed E-state index contributed by atoms with van der Waals surface area (Å²) in [6.07, 6.45) is -2.78. The van der Waals surface area contributed by atoms with Gasteiger partial charge < -0.3 is 39.1 Å². The first-order chi connectivity index (χ1) is 17.9. The molecule has 1 fully saturated rings. The van der Waals surface area contributed by atoms with E-state index < -0.39 is 54.5 Å². The molecule has 1 aliphatic heterocycles. The number of nitrogens with one attached hydrogen (secondary N) is 2. The van der Waals surface area contributed by atoms with Gasteiger partial charge in [-0.25, -0.2) is 0 Å². The molecule has 0 aromatic rings. The van der Waals surface area contributed by atoms with Crippen molar-refractivity contribution in [2.75, 3.05) is 26.9 Å². The molecule has 0 aromatic carbocycles. The average Bonchev–Trinajstić information content (AvgIpc) is 2.82. The Morgan fingerprint density at radius 3 is 2.05 bits per heavy atom. The van der Waals surface area contributed by atoms with E-state index in [1.54, 1.807) is 0 Å². The summed E-state index contributed by atoms with van der Waals surface area (Å²) < 4.78 is 32.0. The molecule has 0 spiro atoms. The first kappa shape index (κ1) is 32.8. The highest BCUT2D eigenvalue weighted by atomic mass is 16.7. The summed E-state index contributed by atoms with van der Waals surface area (Å²) in [7, 11) is 1.30. The third-order valence-corrected chi connectivity index (χ3v) is 5.26. The lowest BCUT2D eigenvalue weighted by Crippen LogP contribution is -2.66. The summed E-state index contributed by atoms with van der Waals surface area (Å²) in [5.41, 5.74) is 0. The van der Waals surface area contributed by atoms with Gasteiger partial charge in [0, 0.05) is 53.7 Å². The number of carbonyl (C=O) groups excluding carboxylic acids is 6. The predicted molar refractivity (Wildman–Crippen MR) is 128 cm³/mol. The van der Waals surface area contributed by atoms with Gasteiger partial charge in [-0.1, -0.05) is 0 Å². The van der Waals surface area contributed by atoms with Crippen molar-refractivity contribution in [3.05, 3.63) is 0 Å². The topological polar surface area (TPSA) is 182 Å². The maximum atomic E-state index is 12.0. The van der Waals surface area contributed by atoms with Gasteiger partial charge in [0.25, 0.3) is 0 Å². The van der Waals surface area contributed by atoms with Crippen LogP contribution in [0, 0.1) is 0 Å². The zero-order chi connectivity index (χ0) is 28.7. The Balaban J connectivity index is 2.80. The SMILES string of the molecule is COC(=O)CCCNC(=O)CCCCO[C@@H]1OC(COC(C)=O)[C@H](OC(C)=O)[C@H](OC(C)=O)C1NC(C)=O. The van der Waals surface area contributed by atoms with Crippen molar-refractivity contribution in [3.63, 3.8) is 0 Å². The minimum Gasteiger partial charge on any atom is -0.469 e. The largest absolute Gasteiger partial charge is 0.469 e. The van der Waals surface area contributed by atoms with Gasteiger partial charge in [-0.05, 0) is 19.3 Å². The zero-order valence-corrected chi connectivity index (χ0v) is 22.4. The normalized spacial score (nSPS) is 22.5. The number of hydrogen-bond donors (Lipinski definition) is 2. The molecule has 2 N–H and O–H groups in total. The fraction of sp³-hybridized carbons (Fsp3) is 0.750. The third kappa shape index (κ3) is 12.8. The van der Waals surface area contributed by atoms with Gasteiger partial charge in [0.1, 0.15) is 18.8 Å². The maximum Gasteiger partial charge on any atom is 0.305 e. The Kier molecular flexibility index (Phi) is 14.9. The smallest absolute Gasteiger partial charge is 0.305 e. The first-order valence-electron chi connectivity index (χ1n) is 12.3. The molecule has 2 amide bonds. The van der Waals surface area contributed by atoms with Crippen molar-refractivity contribution in [2.24, 2.45) is 0 Å². The molecular weight excluding hydrogens is 508 g/mol. The van der Waals surface area contributed by atoms with Gasteiger partial charge in [0.15, 0.2) is 18.5 Å². The quantitative estimate of drug-likeness (QED) is 0.158. The van der Waals surface area contributed by atoms with Crippen molar-refractivity contribution >= 4 is 35.7 Å². The monoisotopic (exact) mass is 546 g/mol. The molecule has 1 aliphatic rings. The second-order valence-corrected chi connectivity index (χ2v) is 8.58. The van der Waals surface area contributed by atoms with Crippen LogP contribution in [0.2, 0.25) is 0 Å². The Labute approximate surface area is 221 Å². The molecule has 0 saturated carbocycles. The highest BCUT2D eigenvalue weighted by Crippen LogP contribution is 2.28. The van der Waals surface area contributed by atoms with Gasteiger partial charge in [-0.15, -0.1) is 0 Å². The van der Waals surface area contributed by atoms with Gasteiger partial charge in [0.2, 0.25) is 11.8 Å². The Morgan fingerprint density at radius 1 is 0.816 bits per heavy atom. The van der Waals surface area contributed by atoms with Crippen LogP contribution in [0.25, 0.3) is 0 Å². The van der Waals surface area contributed by atoms with Gasteiger partial charge in [-0.2, -0.15) is 0 Å². The third-order valence-electron chi connectivity index (χ3n) is 5.26. The molecule has 0 bridgehead atoms. The van der Waals surface area contributed by atoms with E-state index in [1.165, 1.54) is 21.0 Å². The molecular formula is C24H38N2O12. The number of esters is 4. The van der Waals surface area contributed by atoms with Crippen LogP contribution in [-0.4, -0.2) is 93.2 Å². The van der Waals surface area contributed by atoms with Crippen molar-refractivity contribution in [1.82, 2.24) is 10.6 Å². The van der Waals surface area contributed by atoms with Crippen LogP contribution in [0.1, 0.15) is 59.8 Å². The summed E-state index contributed by atoms with van der Waals surface area (Å²) in [5, 5.41) is 5.33. The van der Waals surface area contributed by atoms with E-state index >= 15 is 0 Å². The summed E-state index contributed by atoms with van der Waals surface area (Å²) in [6, 6.07) is -1.05. The number of hydrogen-bond acceptors (Lipinski definition) is 12. The van der Waals surface area contributed by atoms with Crippen LogP contribution < -0.4 is 10.6 Å². The molecule has 1 saturated heterocycles. The average molecular weight is 547 g/mol. The lowest BCUT2D eigenvalue weighted by atomic mass is 9.96. The van der Waals surface area contributed by atoms with E-state index in [4.69, 9.17) is 23.7 Å². The van der Waals surface area contributed by atoms with Crippen molar-refractivity contribution in [3.8, 4) is 0 Å². The summed E-state index contributed by atoms with van der Waals surface area (Å²) in [6.45, 7) is 4.88. The summed E-state index contributed by atoms with van der Waals surface area (Å²) in [4.78, 5) is 70.0. The molecule has 38 heavy (non-hydrogen) atoms. The molecule has 5 atom stereocenters. The number of unbranched alkanes of at least 4 members (excludes halogenated alkanes) is 1. The molecule has 0 radical (unpaired) electrons. The molecule has 2 unspecified atom stereocenters. The van der Waals surface area contributed by atoms with E-state index in [0.717, 1.165) is 13.8 Å². The van der Waals surface area contributed by atoms with Gasteiger partial charge in [-0.3, -0.25) is 28.8 Å². The van der Waals surface area contributed by atoms with Crippen molar-refractivity contribution in [1.29, 1.82) is 0 Å². The van der Waals surface area contributed by atoms with Crippen LogP contribution in [-0.2, 0) is 57.2 Å². The number of carbonyl (C=O) groups is 6. The minimum atomic E-state index is -1.20. The standard InChI is InChI=1S/C24H38N2O12/c1-14(27)26-21-23(37-17(4)30)22(36-16(3)29)18(13-35-15(2)28)38-24(21)34-12-7-6-9-19(31)25-11-8-10-20(32)33-5/h18,21-24H,6-13H2,1-5H3,(H,25,31)(H,26,27)/t18?,21?,22-,23+,24+/m0/s1. The van der Waals surface area contributed by atoms with E-state index in [2.05, 4.69) is 15.4 Å². The van der Waals surface area contributed by atoms with Crippen LogP contribution >= 0.6 is 0 Å². The molecule has 0 aromatic heterocycles. The van der Waals surface area contributed by atoms with Crippen LogP contribution in [0.5, 0.6) is 0 Å².